The fourth-order valence-corrected chi connectivity index (χ4v) is 2.23. The summed E-state index contributed by atoms with van der Waals surface area (Å²) < 4.78 is 0. The van der Waals surface area contributed by atoms with E-state index in [2.05, 4.69) is 28.6 Å². The zero-order chi connectivity index (χ0) is 13.1. The van der Waals surface area contributed by atoms with Gasteiger partial charge in [-0.05, 0) is 26.0 Å². The van der Waals surface area contributed by atoms with E-state index in [-0.39, 0.29) is 5.84 Å². The summed E-state index contributed by atoms with van der Waals surface area (Å²) in [5.74, 6) is 0.0196. The minimum Gasteiger partial charge on any atom is -0.382 e. The van der Waals surface area contributed by atoms with Gasteiger partial charge in [0.25, 0.3) is 0 Å². The lowest BCUT2D eigenvalue weighted by atomic mass is 10.2. The summed E-state index contributed by atoms with van der Waals surface area (Å²) >= 11 is 0. The predicted octanol–water partition coefficient (Wildman–Crippen LogP) is 0.896. The highest BCUT2D eigenvalue weighted by Crippen LogP contribution is 2.16. The minimum atomic E-state index is 0.0196. The zero-order valence-corrected chi connectivity index (χ0v) is 11.1. The number of nitrogens with zero attached hydrogens (tertiary/aromatic N) is 3. The van der Waals surface area contributed by atoms with Gasteiger partial charge in [0.2, 0.25) is 0 Å². The van der Waals surface area contributed by atoms with E-state index in [1.807, 2.05) is 18.3 Å². The smallest absolute Gasteiger partial charge is 0.141 e. The summed E-state index contributed by atoms with van der Waals surface area (Å²) in [5.41, 5.74) is 7.05. The monoisotopic (exact) mass is 247 g/mol. The molecular weight excluding hydrogens is 226 g/mol. The molecule has 5 heteroatoms. The van der Waals surface area contributed by atoms with Crippen molar-refractivity contribution in [3.05, 3.63) is 24.0 Å². The van der Waals surface area contributed by atoms with Crippen LogP contribution in [0.4, 0.5) is 5.69 Å². The van der Waals surface area contributed by atoms with Crippen molar-refractivity contribution in [2.24, 2.45) is 5.73 Å². The summed E-state index contributed by atoms with van der Waals surface area (Å²) in [6.45, 7) is 8.70. The molecule has 0 aliphatic carbocycles. The van der Waals surface area contributed by atoms with Gasteiger partial charge in [-0.3, -0.25) is 15.3 Å². The van der Waals surface area contributed by atoms with Gasteiger partial charge in [-0.1, -0.05) is 0 Å². The van der Waals surface area contributed by atoms with E-state index in [0.717, 1.165) is 31.9 Å². The van der Waals surface area contributed by atoms with Crippen molar-refractivity contribution in [2.75, 3.05) is 31.1 Å². The van der Waals surface area contributed by atoms with Crippen LogP contribution in [0.1, 0.15) is 19.5 Å². The molecule has 1 aliphatic heterocycles. The summed E-state index contributed by atoms with van der Waals surface area (Å²) in [7, 11) is 0. The van der Waals surface area contributed by atoms with Crippen molar-refractivity contribution in [3.63, 3.8) is 0 Å². The van der Waals surface area contributed by atoms with Gasteiger partial charge in [0, 0.05) is 32.2 Å². The molecular formula is C13H21N5. The van der Waals surface area contributed by atoms with Crippen LogP contribution in [-0.2, 0) is 0 Å². The normalized spacial score (nSPS) is 17.2. The molecule has 0 aromatic carbocycles. The molecule has 1 aliphatic rings. The Bertz CT molecular complexity index is 404. The Balaban J connectivity index is 1.99. The Hall–Kier alpha value is -1.62. The Morgan fingerprint density at radius 2 is 1.94 bits per heavy atom. The van der Waals surface area contributed by atoms with Gasteiger partial charge in [0.1, 0.15) is 11.5 Å². The minimum absolute atomic E-state index is 0.0196. The molecule has 1 fully saturated rings. The third-order valence-corrected chi connectivity index (χ3v) is 3.43. The van der Waals surface area contributed by atoms with Crippen LogP contribution in [-0.4, -0.2) is 47.9 Å². The van der Waals surface area contributed by atoms with Gasteiger partial charge < -0.3 is 10.6 Å². The standard InChI is InChI=1S/C13H21N5/c1-10(2)17-5-7-18(8-6-17)11-3-4-12(13(14)15)16-9-11/h3-4,9-10H,5-8H2,1-2H3,(H3,14,15). The first-order valence-corrected chi connectivity index (χ1v) is 6.37. The fourth-order valence-electron chi connectivity index (χ4n) is 2.23. The lowest BCUT2D eigenvalue weighted by Crippen LogP contribution is -2.48. The quantitative estimate of drug-likeness (QED) is 0.615. The molecule has 0 bridgehead atoms. The molecule has 0 radical (unpaired) electrons. The Morgan fingerprint density at radius 1 is 1.28 bits per heavy atom. The highest BCUT2D eigenvalue weighted by atomic mass is 15.3. The number of hydrogen-bond acceptors (Lipinski definition) is 4. The van der Waals surface area contributed by atoms with Gasteiger partial charge >= 0.3 is 0 Å². The lowest BCUT2D eigenvalue weighted by molar-refractivity contribution is 0.209. The van der Waals surface area contributed by atoms with E-state index < -0.39 is 0 Å². The summed E-state index contributed by atoms with van der Waals surface area (Å²) in [5, 5.41) is 7.32. The average molecular weight is 247 g/mol. The average Bonchev–Trinajstić information content (AvgIpc) is 2.39. The number of nitrogens with two attached hydrogens (primary N) is 1. The van der Waals surface area contributed by atoms with Gasteiger partial charge in [-0.25, -0.2) is 0 Å². The molecule has 0 saturated carbocycles. The first-order chi connectivity index (χ1) is 8.58. The van der Waals surface area contributed by atoms with E-state index in [1.165, 1.54) is 0 Å². The van der Waals surface area contributed by atoms with Crippen molar-refractivity contribution in [3.8, 4) is 0 Å². The summed E-state index contributed by atoms with van der Waals surface area (Å²) in [4.78, 5) is 9.01. The maximum absolute atomic E-state index is 7.32. The third-order valence-electron chi connectivity index (χ3n) is 3.43. The van der Waals surface area contributed by atoms with E-state index in [9.17, 15) is 0 Å². The number of amidine groups is 1. The fraction of sp³-hybridized carbons (Fsp3) is 0.538. The van der Waals surface area contributed by atoms with Crippen molar-refractivity contribution < 1.29 is 0 Å². The Kier molecular flexibility index (Phi) is 3.81. The van der Waals surface area contributed by atoms with E-state index in [0.29, 0.717) is 11.7 Å². The van der Waals surface area contributed by atoms with Gasteiger partial charge in [0.05, 0.1) is 11.9 Å². The number of pyridine rings is 1. The van der Waals surface area contributed by atoms with Crippen LogP contribution in [0.2, 0.25) is 0 Å². The molecule has 0 unspecified atom stereocenters. The van der Waals surface area contributed by atoms with E-state index >= 15 is 0 Å². The number of piperazine rings is 1. The number of hydrogen-bond donors (Lipinski definition) is 2. The molecule has 0 spiro atoms. The van der Waals surface area contributed by atoms with Gasteiger partial charge in [0.15, 0.2) is 0 Å². The summed E-state index contributed by atoms with van der Waals surface area (Å²) in [6, 6.07) is 4.42. The van der Waals surface area contributed by atoms with Crippen LogP contribution in [0.5, 0.6) is 0 Å². The first-order valence-electron chi connectivity index (χ1n) is 6.37. The molecule has 1 aromatic rings. The molecule has 1 saturated heterocycles. The molecule has 98 valence electrons. The summed E-state index contributed by atoms with van der Waals surface area (Å²) in [6.07, 6.45) is 1.81. The highest BCUT2D eigenvalue weighted by Gasteiger charge is 2.19. The van der Waals surface area contributed by atoms with Crippen LogP contribution >= 0.6 is 0 Å². The van der Waals surface area contributed by atoms with Crippen molar-refractivity contribution >= 4 is 11.5 Å². The molecule has 5 nitrogen and oxygen atoms in total. The van der Waals surface area contributed by atoms with Gasteiger partial charge in [-0.2, -0.15) is 0 Å². The van der Waals surface area contributed by atoms with Crippen molar-refractivity contribution in [1.82, 2.24) is 9.88 Å². The molecule has 2 heterocycles. The highest BCUT2D eigenvalue weighted by molar-refractivity contribution is 5.93. The molecule has 0 atom stereocenters. The molecule has 18 heavy (non-hydrogen) atoms. The topological polar surface area (TPSA) is 69.2 Å². The van der Waals surface area contributed by atoms with Crippen LogP contribution < -0.4 is 10.6 Å². The van der Waals surface area contributed by atoms with Crippen LogP contribution in [0.15, 0.2) is 18.3 Å². The lowest BCUT2D eigenvalue weighted by Gasteiger charge is -2.38. The van der Waals surface area contributed by atoms with Crippen molar-refractivity contribution in [2.45, 2.75) is 19.9 Å². The number of nitrogen functional groups attached to an aromatic ring is 1. The zero-order valence-electron chi connectivity index (χ0n) is 11.1. The maximum Gasteiger partial charge on any atom is 0.141 e. The number of nitrogens with one attached hydrogen (secondary N) is 1. The first kappa shape index (κ1) is 12.8. The van der Waals surface area contributed by atoms with E-state index in [1.54, 1.807) is 0 Å². The number of aromatic nitrogens is 1. The number of anilines is 1. The third kappa shape index (κ3) is 2.79. The second-order valence-electron chi connectivity index (χ2n) is 4.93. The molecule has 3 N–H and O–H groups in total. The van der Waals surface area contributed by atoms with Crippen molar-refractivity contribution in [1.29, 1.82) is 5.41 Å². The number of rotatable bonds is 3. The van der Waals surface area contributed by atoms with Crippen LogP contribution in [0.25, 0.3) is 0 Å². The molecule has 0 amide bonds. The Labute approximate surface area is 108 Å². The van der Waals surface area contributed by atoms with E-state index in [4.69, 9.17) is 11.1 Å². The molecule has 2 rings (SSSR count). The predicted molar refractivity (Wildman–Crippen MR) is 74.2 cm³/mol. The van der Waals surface area contributed by atoms with Gasteiger partial charge in [-0.15, -0.1) is 0 Å². The molecule has 1 aromatic heterocycles. The van der Waals surface area contributed by atoms with Crippen LogP contribution in [0, 0.1) is 5.41 Å². The second kappa shape index (κ2) is 5.35. The van der Waals surface area contributed by atoms with Crippen LogP contribution in [0.3, 0.4) is 0 Å². The SMILES string of the molecule is CC(C)N1CCN(c2ccc(C(=N)N)nc2)CC1. The second-order valence-corrected chi connectivity index (χ2v) is 4.93. The maximum atomic E-state index is 7.32. The Morgan fingerprint density at radius 3 is 2.39 bits per heavy atom. The largest absolute Gasteiger partial charge is 0.382 e.